The van der Waals surface area contributed by atoms with Crippen LogP contribution in [0.2, 0.25) is 32.7 Å². The summed E-state index contributed by atoms with van der Waals surface area (Å²) >= 11 is 0. The van der Waals surface area contributed by atoms with Gasteiger partial charge in [-0.2, -0.15) is 0 Å². The largest absolute Gasteiger partial charge is 0.311 e. The average Bonchev–Trinajstić information content (AvgIpc) is 3.30. The summed E-state index contributed by atoms with van der Waals surface area (Å²) in [6.07, 6.45) is 0. The van der Waals surface area contributed by atoms with Gasteiger partial charge in [0.05, 0.1) is 13.8 Å². The molecule has 0 bridgehead atoms. The van der Waals surface area contributed by atoms with Crippen molar-refractivity contribution in [3.63, 3.8) is 0 Å². The topological polar surface area (TPSA) is 6.48 Å². The van der Waals surface area contributed by atoms with E-state index in [0.717, 1.165) is 17.1 Å². The van der Waals surface area contributed by atoms with E-state index >= 15 is 0 Å². The zero-order valence-electron chi connectivity index (χ0n) is 35.6. The van der Waals surface area contributed by atoms with Crippen molar-refractivity contribution in [2.75, 3.05) is 9.80 Å². The van der Waals surface area contributed by atoms with Crippen LogP contribution in [0.5, 0.6) is 0 Å². The number of anilines is 6. The van der Waals surface area contributed by atoms with Crippen molar-refractivity contribution < 1.29 is 0 Å². The van der Waals surface area contributed by atoms with E-state index in [9.17, 15) is 0 Å². The Bertz CT molecular complexity index is 3010. The van der Waals surface area contributed by atoms with Gasteiger partial charge in [0.1, 0.15) is 8.07 Å². The molecule has 61 heavy (non-hydrogen) atoms. The van der Waals surface area contributed by atoms with Gasteiger partial charge in [-0.15, -0.1) is 0 Å². The van der Waals surface area contributed by atoms with Crippen LogP contribution in [0.25, 0.3) is 44.2 Å². The highest BCUT2D eigenvalue weighted by Crippen LogP contribution is 2.44. The smallest absolute Gasteiger partial charge is 0.113 e. The molecule has 0 amide bonds. The van der Waals surface area contributed by atoms with Crippen LogP contribution in [-0.4, -0.2) is 16.1 Å². The van der Waals surface area contributed by atoms with E-state index in [0.29, 0.717) is 0 Å². The third kappa shape index (κ3) is 6.92. The summed E-state index contributed by atoms with van der Waals surface area (Å²) in [6, 6.07) is 78.5. The molecule has 1 heterocycles. The SMILES string of the molecule is C[Si](C)(C)c1ccc(N(c2ccccc2)c2ccc3c(c2)[Si](C)(C)c2cccc4c(-c5ccc(N(c6ccccc6)c6ccccc6-c6ccccc6)cc5)ccc-3c24)cc1. The van der Waals surface area contributed by atoms with Crippen molar-refractivity contribution in [1.82, 2.24) is 0 Å². The fourth-order valence-electron chi connectivity index (χ4n) is 9.43. The number of para-hydroxylation sites is 3. The Morgan fingerprint density at radius 3 is 1.54 bits per heavy atom. The predicted molar refractivity (Wildman–Crippen MR) is 269 cm³/mol. The number of hydrogen-bond acceptors (Lipinski definition) is 2. The second-order valence-electron chi connectivity index (χ2n) is 17.8. The molecule has 2 nitrogen and oxygen atoms in total. The molecule has 0 saturated carbocycles. The quantitative estimate of drug-likeness (QED) is 0.134. The first-order chi connectivity index (χ1) is 29.7. The second kappa shape index (κ2) is 15.4. The third-order valence-corrected chi connectivity index (χ3v) is 18.2. The Morgan fingerprint density at radius 2 is 0.869 bits per heavy atom. The molecule has 0 radical (unpaired) electrons. The first kappa shape index (κ1) is 38.5. The van der Waals surface area contributed by atoms with E-state index in [1.54, 1.807) is 0 Å². The summed E-state index contributed by atoms with van der Waals surface area (Å²) in [4.78, 5) is 4.81. The average molecular weight is 819 g/mol. The molecular formula is C57H50N2Si2. The van der Waals surface area contributed by atoms with Crippen molar-refractivity contribution in [3.05, 3.63) is 212 Å². The van der Waals surface area contributed by atoms with Crippen LogP contribution in [0.3, 0.4) is 0 Å². The lowest BCUT2D eigenvalue weighted by molar-refractivity contribution is 1.28. The maximum absolute atomic E-state index is 2.54. The lowest BCUT2D eigenvalue weighted by atomic mass is 9.91. The van der Waals surface area contributed by atoms with E-state index in [4.69, 9.17) is 0 Å². The number of rotatable bonds is 9. The number of fused-ring (bicyclic) bond motifs is 2. The molecule has 1 aliphatic heterocycles. The highest BCUT2D eigenvalue weighted by atomic mass is 28.3. The molecule has 9 aromatic rings. The molecular weight excluding hydrogens is 769 g/mol. The van der Waals surface area contributed by atoms with Crippen molar-refractivity contribution >= 4 is 76.6 Å². The molecule has 0 N–H and O–H groups in total. The Kier molecular flexibility index (Phi) is 9.70. The number of benzene rings is 9. The van der Waals surface area contributed by atoms with Gasteiger partial charge >= 0.3 is 0 Å². The molecule has 0 fully saturated rings. The zero-order chi connectivity index (χ0) is 41.7. The summed E-state index contributed by atoms with van der Waals surface area (Å²) in [5, 5.41) is 7.19. The summed E-state index contributed by atoms with van der Waals surface area (Å²) in [5.74, 6) is 0. The van der Waals surface area contributed by atoms with Crippen LogP contribution in [0.4, 0.5) is 34.1 Å². The minimum Gasteiger partial charge on any atom is -0.311 e. The van der Waals surface area contributed by atoms with Crippen molar-refractivity contribution in [1.29, 1.82) is 0 Å². The molecule has 0 saturated heterocycles. The van der Waals surface area contributed by atoms with Crippen molar-refractivity contribution in [3.8, 4) is 33.4 Å². The molecule has 0 aliphatic carbocycles. The van der Waals surface area contributed by atoms with Crippen LogP contribution >= 0.6 is 0 Å². The summed E-state index contributed by atoms with van der Waals surface area (Å²) in [7, 11) is -3.59. The van der Waals surface area contributed by atoms with Gasteiger partial charge in [0, 0.05) is 34.0 Å². The first-order valence-corrected chi connectivity index (χ1v) is 27.9. The fourth-order valence-corrected chi connectivity index (χ4v) is 13.7. The standard InChI is InChI=1S/C57H50N2Si2/c1-60(2,3)48-35-32-45(33-36-48)58(43-20-11-7-12-21-43)47-34-37-51-53-39-38-49(52-25-17-27-55(57(52)53)61(4,5)56(51)40-47)42-28-30-46(31-29-42)59(44-22-13-8-14-23-44)54-26-16-15-24-50(54)41-18-9-6-10-19-41/h6-40H,1-5H3. The van der Waals surface area contributed by atoms with Gasteiger partial charge in [0.2, 0.25) is 0 Å². The number of hydrogen-bond donors (Lipinski definition) is 0. The van der Waals surface area contributed by atoms with Gasteiger partial charge in [-0.1, -0.05) is 184 Å². The van der Waals surface area contributed by atoms with E-state index in [1.807, 2.05) is 0 Å². The molecule has 0 atom stereocenters. The molecule has 0 aromatic heterocycles. The minimum atomic E-state index is -2.16. The van der Waals surface area contributed by atoms with Gasteiger partial charge in [-0.05, 0) is 116 Å². The van der Waals surface area contributed by atoms with E-state index < -0.39 is 16.1 Å². The molecule has 296 valence electrons. The third-order valence-electron chi connectivity index (χ3n) is 12.6. The van der Waals surface area contributed by atoms with Gasteiger partial charge in [0.15, 0.2) is 0 Å². The van der Waals surface area contributed by atoms with E-state index in [1.165, 1.54) is 76.8 Å². The highest BCUT2D eigenvalue weighted by molar-refractivity contribution is 7.03. The second-order valence-corrected chi connectivity index (χ2v) is 27.2. The fraction of sp³-hybridized carbons (Fsp3) is 0.0877. The monoisotopic (exact) mass is 818 g/mol. The van der Waals surface area contributed by atoms with Gasteiger partial charge in [-0.3, -0.25) is 0 Å². The Labute approximate surface area is 363 Å². The molecule has 9 aromatic carbocycles. The van der Waals surface area contributed by atoms with E-state index in [-0.39, 0.29) is 0 Å². The Balaban J connectivity index is 1.06. The Hall–Kier alpha value is -6.73. The lowest BCUT2D eigenvalue weighted by Gasteiger charge is -2.35. The summed E-state index contributed by atoms with van der Waals surface area (Å²) < 4.78 is 0. The first-order valence-electron chi connectivity index (χ1n) is 21.4. The predicted octanol–water partition coefficient (Wildman–Crippen LogP) is 14.5. The van der Waals surface area contributed by atoms with Crippen molar-refractivity contribution in [2.45, 2.75) is 32.7 Å². The normalized spacial score (nSPS) is 12.8. The van der Waals surface area contributed by atoms with Crippen LogP contribution < -0.4 is 25.4 Å². The Morgan fingerprint density at radius 1 is 0.361 bits per heavy atom. The van der Waals surface area contributed by atoms with Crippen LogP contribution in [0, 0.1) is 0 Å². The van der Waals surface area contributed by atoms with Crippen LogP contribution in [-0.2, 0) is 0 Å². The van der Waals surface area contributed by atoms with Crippen molar-refractivity contribution in [2.24, 2.45) is 0 Å². The molecule has 4 heteroatoms. The lowest BCUT2D eigenvalue weighted by Crippen LogP contribution is -2.56. The minimum absolute atomic E-state index is 1.12. The molecule has 10 rings (SSSR count). The summed E-state index contributed by atoms with van der Waals surface area (Å²) in [6.45, 7) is 12.3. The van der Waals surface area contributed by atoms with Crippen LogP contribution in [0.1, 0.15) is 0 Å². The van der Waals surface area contributed by atoms with Crippen LogP contribution in [0.15, 0.2) is 212 Å². The summed E-state index contributed by atoms with van der Waals surface area (Å²) in [5.41, 5.74) is 14.5. The maximum atomic E-state index is 2.54. The highest BCUT2D eigenvalue weighted by Gasteiger charge is 2.36. The van der Waals surface area contributed by atoms with Gasteiger partial charge < -0.3 is 9.80 Å². The van der Waals surface area contributed by atoms with Gasteiger partial charge in [0.25, 0.3) is 0 Å². The molecule has 0 spiro atoms. The van der Waals surface area contributed by atoms with E-state index in [2.05, 4.69) is 255 Å². The maximum Gasteiger partial charge on any atom is 0.113 e. The number of nitrogens with zero attached hydrogens (tertiary/aromatic N) is 2. The van der Waals surface area contributed by atoms with Gasteiger partial charge in [-0.25, -0.2) is 0 Å². The molecule has 0 unspecified atom stereocenters. The molecule has 1 aliphatic rings. The zero-order valence-corrected chi connectivity index (χ0v) is 37.6.